The number of nitrogens with zero attached hydrogens (tertiary/aromatic N) is 3. The summed E-state index contributed by atoms with van der Waals surface area (Å²) in [4.78, 5) is 24.5. The third-order valence-corrected chi connectivity index (χ3v) is 5.58. The average molecular weight is 529 g/mol. The van der Waals surface area contributed by atoms with Crippen LogP contribution in [0.15, 0.2) is 35.3 Å². The molecule has 6 nitrogen and oxygen atoms in total. The van der Waals surface area contributed by atoms with E-state index in [0.29, 0.717) is 19.5 Å². The highest BCUT2D eigenvalue weighted by Crippen LogP contribution is 2.28. The van der Waals surface area contributed by atoms with Crippen molar-refractivity contribution in [3.05, 3.63) is 40.9 Å². The van der Waals surface area contributed by atoms with Crippen LogP contribution < -0.4 is 10.6 Å². The van der Waals surface area contributed by atoms with Gasteiger partial charge in [0.15, 0.2) is 5.96 Å². The molecule has 29 heavy (non-hydrogen) atoms. The zero-order chi connectivity index (χ0) is 20.4. The van der Waals surface area contributed by atoms with E-state index in [0.717, 1.165) is 46.7 Å². The van der Waals surface area contributed by atoms with Gasteiger partial charge in [-0.15, -0.1) is 35.3 Å². The van der Waals surface area contributed by atoms with Crippen molar-refractivity contribution in [3.8, 4) is 10.6 Å². The summed E-state index contributed by atoms with van der Waals surface area (Å²) < 4.78 is 0. The molecule has 0 aliphatic heterocycles. The van der Waals surface area contributed by atoms with Gasteiger partial charge in [0.25, 0.3) is 0 Å². The number of thiazole rings is 1. The summed E-state index contributed by atoms with van der Waals surface area (Å²) in [6.07, 6.45) is 0.462. The number of benzene rings is 1. The summed E-state index contributed by atoms with van der Waals surface area (Å²) in [5.41, 5.74) is 2.14. The Morgan fingerprint density at radius 3 is 2.45 bits per heavy atom. The lowest BCUT2D eigenvalue weighted by Gasteiger charge is -2.19. The molecule has 2 aromatic rings. The van der Waals surface area contributed by atoms with Crippen molar-refractivity contribution in [2.45, 2.75) is 40.7 Å². The topological polar surface area (TPSA) is 69.6 Å². The third kappa shape index (κ3) is 7.93. The Hall–Kier alpha value is -1.68. The summed E-state index contributed by atoms with van der Waals surface area (Å²) in [5, 5.41) is 7.52. The maximum absolute atomic E-state index is 12.1. The van der Waals surface area contributed by atoms with Crippen LogP contribution in [0.3, 0.4) is 0 Å². The molecule has 0 atom stereocenters. The van der Waals surface area contributed by atoms with Crippen molar-refractivity contribution in [2.24, 2.45) is 4.99 Å². The van der Waals surface area contributed by atoms with E-state index >= 15 is 0 Å². The fraction of sp³-hybridized carbons (Fsp3) is 0.476. The van der Waals surface area contributed by atoms with E-state index in [1.807, 2.05) is 50.8 Å². The molecule has 1 aromatic carbocycles. The van der Waals surface area contributed by atoms with Crippen molar-refractivity contribution in [2.75, 3.05) is 26.2 Å². The van der Waals surface area contributed by atoms with Crippen molar-refractivity contribution in [1.29, 1.82) is 0 Å². The first-order valence-electron chi connectivity index (χ1n) is 9.90. The molecule has 0 radical (unpaired) electrons. The molecular formula is C21H32IN5OS. The summed E-state index contributed by atoms with van der Waals surface area (Å²) in [5.74, 6) is 0.892. The Bertz CT molecular complexity index is 775. The number of nitrogens with one attached hydrogen (secondary N) is 2. The molecule has 0 spiro atoms. The monoisotopic (exact) mass is 529 g/mol. The molecule has 1 aromatic heterocycles. The van der Waals surface area contributed by atoms with Gasteiger partial charge in [-0.25, -0.2) is 9.98 Å². The minimum atomic E-state index is 0. The summed E-state index contributed by atoms with van der Waals surface area (Å²) in [6.45, 7) is 11.5. The maximum Gasteiger partial charge on any atom is 0.224 e. The number of carbonyl (C=O) groups is 1. The molecule has 0 aliphatic rings. The molecule has 0 fully saturated rings. The van der Waals surface area contributed by atoms with Crippen LogP contribution in [0.25, 0.3) is 10.6 Å². The molecular weight excluding hydrogens is 497 g/mol. The summed E-state index contributed by atoms with van der Waals surface area (Å²) in [7, 11) is 0. The Labute approximate surface area is 195 Å². The number of carbonyl (C=O) groups excluding carboxylic acids is 1. The minimum Gasteiger partial charge on any atom is -0.357 e. The zero-order valence-corrected chi connectivity index (χ0v) is 20.8. The van der Waals surface area contributed by atoms with Crippen LogP contribution in [0.4, 0.5) is 0 Å². The van der Waals surface area contributed by atoms with Crippen molar-refractivity contribution < 1.29 is 4.79 Å². The lowest BCUT2D eigenvalue weighted by molar-refractivity contribution is -0.130. The predicted molar refractivity (Wildman–Crippen MR) is 133 cm³/mol. The van der Waals surface area contributed by atoms with Gasteiger partial charge in [-0.05, 0) is 27.7 Å². The third-order valence-electron chi connectivity index (χ3n) is 4.39. The van der Waals surface area contributed by atoms with Gasteiger partial charge in [0.2, 0.25) is 5.91 Å². The molecule has 8 heteroatoms. The van der Waals surface area contributed by atoms with Crippen LogP contribution in [0, 0.1) is 6.92 Å². The number of rotatable bonds is 9. The Morgan fingerprint density at radius 1 is 1.14 bits per heavy atom. The predicted octanol–water partition coefficient (Wildman–Crippen LogP) is 4.05. The van der Waals surface area contributed by atoms with Gasteiger partial charge in [0.05, 0.1) is 12.2 Å². The number of halogens is 1. The van der Waals surface area contributed by atoms with Gasteiger partial charge in [-0.3, -0.25) is 4.79 Å². The molecule has 0 aliphatic carbocycles. The van der Waals surface area contributed by atoms with E-state index in [9.17, 15) is 4.79 Å². The number of aryl methyl sites for hydroxylation is 1. The fourth-order valence-electron chi connectivity index (χ4n) is 2.79. The Kier molecular flexibility index (Phi) is 11.8. The normalized spacial score (nSPS) is 11.0. The highest BCUT2D eigenvalue weighted by Gasteiger charge is 2.11. The van der Waals surface area contributed by atoms with Crippen LogP contribution in [-0.2, 0) is 11.3 Å². The lowest BCUT2D eigenvalue weighted by atomic mass is 10.2. The number of hydrogen-bond acceptors (Lipinski definition) is 4. The first-order valence-corrected chi connectivity index (χ1v) is 10.7. The number of aliphatic imine (C=N–C) groups is 1. The first kappa shape index (κ1) is 25.4. The largest absolute Gasteiger partial charge is 0.357 e. The van der Waals surface area contributed by atoms with Gasteiger partial charge in [-0.2, -0.15) is 0 Å². The summed E-state index contributed by atoms with van der Waals surface area (Å²) >= 11 is 1.68. The van der Waals surface area contributed by atoms with E-state index in [4.69, 9.17) is 0 Å². The van der Waals surface area contributed by atoms with Gasteiger partial charge in [0, 0.05) is 43.0 Å². The van der Waals surface area contributed by atoms with E-state index in [2.05, 4.69) is 32.7 Å². The number of aromatic nitrogens is 1. The average Bonchev–Trinajstić information content (AvgIpc) is 3.08. The van der Waals surface area contributed by atoms with Crippen LogP contribution in [0.2, 0.25) is 0 Å². The summed E-state index contributed by atoms with van der Waals surface area (Å²) in [6, 6.07) is 10.2. The first-order chi connectivity index (χ1) is 13.6. The van der Waals surface area contributed by atoms with E-state index in [1.54, 1.807) is 11.3 Å². The van der Waals surface area contributed by atoms with Crippen LogP contribution in [0.5, 0.6) is 0 Å². The molecule has 0 saturated heterocycles. The van der Waals surface area contributed by atoms with Gasteiger partial charge < -0.3 is 15.5 Å². The highest BCUT2D eigenvalue weighted by atomic mass is 127. The van der Waals surface area contributed by atoms with Crippen molar-refractivity contribution in [1.82, 2.24) is 20.5 Å². The maximum atomic E-state index is 12.1. The van der Waals surface area contributed by atoms with Crippen LogP contribution in [-0.4, -0.2) is 47.9 Å². The van der Waals surface area contributed by atoms with E-state index in [-0.39, 0.29) is 29.9 Å². The van der Waals surface area contributed by atoms with Crippen LogP contribution in [0.1, 0.15) is 37.8 Å². The standard InChI is InChI=1S/C21H31N5OS.HI/c1-5-22-21(23-14-13-19(27)26(6-2)7-3)24-15-18-16(4)25-20(28-18)17-11-9-8-10-12-17;/h8-12H,5-7,13-15H2,1-4H3,(H2,22,23,24);1H. The second-order valence-corrected chi connectivity index (χ2v) is 7.42. The van der Waals surface area contributed by atoms with Gasteiger partial charge >= 0.3 is 0 Å². The Morgan fingerprint density at radius 2 is 1.83 bits per heavy atom. The van der Waals surface area contributed by atoms with Crippen molar-refractivity contribution in [3.63, 3.8) is 0 Å². The molecule has 2 rings (SSSR count). The molecule has 2 N–H and O–H groups in total. The molecule has 1 amide bonds. The second-order valence-electron chi connectivity index (χ2n) is 6.33. The SMILES string of the molecule is CCNC(=NCc1sc(-c2ccccc2)nc1C)NCCC(=O)N(CC)CC.I. The Balaban J connectivity index is 0.00000420. The van der Waals surface area contributed by atoms with E-state index < -0.39 is 0 Å². The number of amides is 1. The van der Waals surface area contributed by atoms with Gasteiger partial charge in [-0.1, -0.05) is 30.3 Å². The highest BCUT2D eigenvalue weighted by molar-refractivity contribution is 14.0. The smallest absolute Gasteiger partial charge is 0.224 e. The molecule has 1 heterocycles. The molecule has 0 saturated carbocycles. The molecule has 160 valence electrons. The van der Waals surface area contributed by atoms with Crippen LogP contribution >= 0.6 is 35.3 Å². The quantitative estimate of drug-likeness (QED) is 0.292. The minimum absolute atomic E-state index is 0. The zero-order valence-electron chi connectivity index (χ0n) is 17.7. The number of guanidine groups is 1. The van der Waals surface area contributed by atoms with E-state index in [1.165, 1.54) is 0 Å². The molecule has 0 unspecified atom stereocenters. The lowest BCUT2D eigenvalue weighted by Crippen LogP contribution is -2.40. The molecule has 0 bridgehead atoms. The number of hydrogen-bond donors (Lipinski definition) is 2. The van der Waals surface area contributed by atoms with Gasteiger partial charge in [0.1, 0.15) is 5.01 Å². The second kappa shape index (κ2) is 13.5. The van der Waals surface area contributed by atoms with Crippen molar-refractivity contribution >= 4 is 47.2 Å². The fourth-order valence-corrected chi connectivity index (χ4v) is 3.79.